The van der Waals surface area contributed by atoms with Crippen molar-refractivity contribution in [3.05, 3.63) is 83.4 Å². The van der Waals surface area contributed by atoms with E-state index in [0.717, 1.165) is 53.9 Å². The summed E-state index contributed by atoms with van der Waals surface area (Å²) in [6, 6.07) is 23.4. The molecule has 0 unspecified atom stereocenters. The Balaban J connectivity index is 1.12. The van der Waals surface area contributed by atoms with Crippen molar-refractivity contribution in [2.24, 2.45) is 5.92 Å². The Bertz CT molecular complexity index is 1480. The molecule has 212 valence electrons. The van der Waals surface area contributed by atoms with Gasteiger partial charge in [-0.15, -0.1) is 0 Å². The molecule has 0 atom stereocenters. The topological polar surface area (TPSA) is 80.5 Å². The second-order valence-electron chi connectivity index (χ2n) is 11.0. The van der Waals surface area contributed by atoms with Crippen LogP contribution in [-0.4, -0.2) is 43.3 Å². The van der Waals surface area contributed by atoms with E-state index in [1.54, 1.807) is 18.2 Å². The van der Waals surface area contributed by atoms with Gasteiger partial charge in [0.25, 0.3) is 0 Å². The number of aromatic hydroxyl groups is 1. The van der Waals surface area contributed by atoms with Crippen molar-refractivity contribution in [3.63, 3.8) is 0 Å². The predicted molar refractivity (Wildman–Crippen MR) is 160 cm³/mol. The highest BCUT2D eigenvalue weighted by Gasteiger charge is 2.34. The first-order chi connectivity index (χ1) is 20.0. The summed E-state index contributed by atoms with van der Waals surface area (Å²) >= 11 is 6.14. The third-order valence-electron chi connectivity index (χ3n) is 8.26. The largest absolute Gasteiger partial charge is 0.506 e. The monoisotopic (exact) mass is 570 g/mol. The number of hydrogen-bond donors (Lipinski definition) is 1. The zero-order chi connectivity index (χ0) is 28.2. The Morgan fingerprint density at radius 2 is 1.71 bits per heavy atom. The molecule has 1 N–H and O–H groups in total. The van der Waals surface area contributed by atoms with Gasteiger partial charge in [-0.25, -0.2) is 9.67 Å². The van der Waals surface area contributed by atoms with Gasteiger partial charge in [-0.3, -0.25) is 4.79 Å². The molecule has 0 radical (unpaired) electrons. The molecule has 2 saturated carbocycles. The van der Waals surface area contributed by atoms with Crippen LogP contribution in [0.25, 0.3) is 22.8 Å². The van der Waals surface area contributed by atoms with Crippen LogP contribution in [0.1, 0.15) is 50.5 Å². The predicted octanol–water partition coefficient (Wildman–Crippen LogP) is 7.12. The van der Waals surface area contributed by atoms with Gasteiger partial charge >= 0.3 is 0 Å². The lowest BCUT2D eigenvalue weighted by molar-refractivity contribution is -0.141. The van der Waals surface area contributed by atoms with Crippen molar-refractivity contribution in [1.29, 1.82) is 0 Å². The maximum Gasteiger partial charge on any atom is 0.226 e. The zero-order valence-electron chi connectivity index (χ0n) is 23.1. The summed E-state index contributed by atoms with van der Waals surface area (Å²) in [5.74, 6) is 2.62. The van der Waals surface area contributed by atoms with E-state index in [-0.39, 0.29) is 16.7 Å². The summed E-state index contributed by atoms with van der Waals surface area (Å²) in [6.45, 7) is 1.58. The number of ether oxygens (including phenoxy) is 1. The van der Waals surface area contributed by atoms with Crippen LogP contribution in [0.5, 0.6) is 11.5 Å². The molecule has 1 aromatic heterocycles. The highest BCUT2D eigenvalue weighted by molar-refractivity contribution is 6.32. The van der Waals surface area contributed by atoms with Crippen LogP contribution in [0.3, 0.4) is 0 Å². The third-order valence-corrected chi connectivity index (χ3v) is 8.56. The number of amides is 1. The van der Waals surface area contributed by atoms with Gasteiger partial charge in [0.2, 0.25) is 5.91 Å². The first kappa shape index (κ1) is 27.3. The Kier molecular flexibility index (Phi) is 8.23. The molecule has 1 amide bonds. The van der Waals surface area contributed by atoms with Gasteiger partial charge in [-0.2, -0.15) is 5.10 Å². The van der Waals surface area contributed by atoms with Crippen molar-refractivity contribution in [2.45, 2.75) is 64.1 Å². The normalized spacial score (nSPS) is 15.5. The number of phenols is 1. The smallest absolute Gasteiger partial charge is 0.226 e. The van der Waals surface area contributed by atoms with E-state index in [2.05, 4.69) is 17.0 Å². The van der Waals surface area contributed by atoms with E-state index >= 15 is 0 Å². The Hall–Kier alpha value is -3.84. The standard InChI is InChI=1S/C33H35ClN4O3/c34-29-21-26(15-18-30(29)39)31-35-32(24-7-2-1-3-8-24)38(36-31)19-20-41-28-16-13-23(14-17-28)22-37(27-11-4-5-12-27)33(40)25-9-6-10-25/h1-3,7-8,13-18,21,25,27,39H,4-6,9-12,19-20,22H2. The van der Waals surface area contributed by atoms with Crippen LogP contribution in [-0.2, 0) is 17.9 Å². The number of aromatic nitrogens is 3. The van der Waals surface area contributed by atoms with Crippen LogP contribution in [0.4, 0.5) is 0 Å². The summed E-state index contributed by atoms with van der Waals surface area (Å²) in [6.07, 6.45) is 7.92. The first-order valence-electron chi connectivity index (χ1n) is 14.6. The maximum atomic E-state index is 13.2. The number of phenolic OH excluding ortho intramolecular Hbond substituents is 1. The molecule has 2 aliphatic carbocycles. The molecule has 2 aliphatic rings. The fourth-order valence-electron chi connectivity index (χ4n) is 5.70. The zero-order valence-corrected chi connectivity index (χ0v) is 23.8. The molecule has 41 heavy (non-hydrogen) atoms. The molecule has 3 aromatic carbocycles. The number of hydrogen-bond acceptors (Lipinski definition) is 5. The Morgan fingerprint density at radius 1 is 0.951 bits per heavy atom. The minimum absolute atomic E-state index is 0.0220. The molecule has 6 rings (SSSR count). The molecule has 4 aromatic rings. The average Bonchev–Trinajstić information content (AvgIpc) is 3.64. The van der Waals surface area contributed by atoms with Crippen LogP contribution < -0.4 is 4.74 Å². The molecule has 0 saturated heterocycles. The summed E-state index contributed by atoms with van der Waals surface area (Å²) in [5.41, 5.74) is 2.81. The van der Waals surface area contributed by atoms with Crippen LogP contribution in [0.15, 0.2) is 72.8 Å². The van der Waals surface area contributed by atoms with E-state index in [1.807, 2.05) is 47.1 Å². The van der Waals surface area contributed by atoms with E-state index < -0.39 is 0 Å². The Morgan fingerprint density at radius 3 is 2.39 bits per heavy atom. The molecule has 0 spiro atoms. The quantitative estimate of drug-likeness (QED) is 0.219. The van der Waals surface area contributed by atoms with E-state index in [9.17, 15) is 9.90 Å². The number of benzene rings is 3. The van der Waals surface area contributed by atoms with Crippen molar-refractivity contribution >= 4 is 17.5 Å². The molecule has 8 heteroatoms. The number of nitrogens with zero attached hydrogens (tertiary/aromatic N) is 4. The van der Waals surface area contributed by atoms with E-state index in [1.165, 1.54) is 19.3 Å². The van der Waals surface area contributed by atoms with Gasteiger partial charge in [-0.1, -0.05) is 73.3 Å². The van der Waals surface area contributed by atoms with Crippen molar-refractivity contribution in [3.8, 4) is 34.3 Å². The molecule has 1 heterocycles. The lowest BCUT2D eigenvalue weighted by atomic mass is 9.84. The fraction of sp³-hybridized carbons (Fsp3) is 0.364. The molecular formula is C33H35ClN4O3. The average molecular weight is 571 g/mol. The van der Waals surface area contributed by atoms with E-state index in [0.29, 0.717) is 37.5 Å². The lowest BCUT2D eigenvalue weighted by Gasteiger charge is -2.35. The maximum absolute atomic E-state index is 13.2. The highest BCUT2D eigenvalue weighted by atomic mass is 35.5. The van der Waals surface area contributed by atoms with Gasteiger partial charge in [0.05, 0.1) is 11.6 Å². The molecule has 0 bridgehead atoms. The lowest BCUT2D eigenvalue weighted by Crippen LogP contribution is -2.43. The van der Waals surface area contributed by atoms with Crippen molar-refractivity contribution < 1.29 is 14.6 Å². The number of rotatable bonds is 10. The van der Waals surface area contributed by atoms with Gasteiger partial charge < -0.3 is 14.7 Å². The highest BCUT2D eigenvalue weighted by Crippen LogP contribution is 2.33. The van der Waals surface area contributed by atoms with Crippen LogP contribution >= 0.6 is 11.6 Å². The SMILES string of the molecule is O=C(C1CCC1)N(Cc1ccc(OCCn2nc(-c3ccc(O)c(Cl)c3)nc2-c2ccccc2)cc1)C1CCCC1. The van der Waals surface area contributed by atoms with Gasteiger partial charge in [0.1, 0.15) is 18.1 Å². The first-order valence-corrected chi connectivity index (χ1v) is 14.9. The fourth-order valence-corrected chi connectivity index (χ4v) is 5.88. The van der Waals surface area contributed by atoms with Crippen molar-refractivity contribution in [1.82, 2.24) is 19.7 Å². The molecule has 0 aliphatic heterocycles. The van der Waals surface area contributed by atoms with Crippen LogP contribution in [0.2, 0.25) is 5.02 Å². The van der Waals surface area contributed by atoms with Gasteiger partial charge in [0.15, 0.2) is 11.6 Å². The minimum atomic E-state index is 0.0220. The van der Waals surface area contributed by atoms with Crippen molar-refractivity contribution in [2.75, 3.05) is 6.61 Å². The minimum Gasteiger partial charge on any atom is -0.506 e. The molecule has 7 nitrogen and oxygen atoms in total. The molecule has 2 fully saturated rings. The third kappa shape index (κ3) is 6.25. The summed E-state index contributed by atoms with van der Waals surface area (Å²) < 4.78 is 7.94. The molecular weight excluding hydrogens is 536 g/mol. The Labute approximate surface area is 245 Å². The van der Waals surface area contributed by atoms with Gasteiger partial charge in [0, 0.05) is 29.6 Å². The van der Waals surface area contributed by atoms with E-state index in [4.69, 9.17) is 26.4 Å². The summed E-state index contributed by atoms with van der Waals surface area (Å²) in [7, 11) is 0. The number of carbonyl (C=O) groups is 1. The second kappa shape index (κ2) is 12.4. The summed E-state index contributed by atoms with van der Waals surface area (Å²) in [5, 5.41) is 14.8. The second-order valence-corrected chi connectivity index (χ2v) is 11.4. The number of carbonyl (C=O) groups excluding carboxylic acids is 1. The summed E-state index contributed by atoms with van der Waals surface area (Å²) in [4.78, 5) is 20.1. The number of halogens is 1. The van der Waals surface area contributed by atoms with Gasteiger partial charge in [-0.05, 0) is 61.6 Å². The van der Waals surface area contributed by atoms with Crippen LogP contribution in [0, 0.1) is 5.92 Å².